The van der Waals surface area contributed by atoms with Crippen molar-refractivity contribution in [1.29, 1.82) is 0 Å². The quantitative estimate of drug-likeness (QED) is 0.593. The molecular formula is C21H25N3O4. The predicted octanol–water partition coefficient (Wildman–Crippen LogP) is 2.74. The van der Waals surface area contributed by atoms with Gasteiger partial charge in [0.25, 0.3) is 11.8 Å². The molecule has 0 atom stereocenters. The van der Waals surface area contributed by atoms with Crippen molar-refractivity contribution in [2.45, 2.75) is 33.1 Å². The Morgan fingerprint density at radius 1 is 1.18 bits per heavy atom. The third-order valence-electron chi connectivity index (χ3n) is 4.81. The molecule has 2 N–H and O–H groups in total. The number of aryl methyl sites for hydroxylation is 2. The van der Waals surface area contributed by atoms with E-state index < -0.39 is 0 Å². The number of carbonyl (C=O) groups is 2. The van der Waals surface area contributed by atoms with E-state index >= 15 is 0 Å². The van der Waals surface area contributed by atoms with Crippen LogP contribution in [0.3, 0.4) is 0 Å². The number of nitrogens with zero attached hydrogens (tertiary/aromatic N) is 1. The number of methoxy groups -OCH3 is 1. The van der Waals surface area contributed by atoms with Crippen molar-refractivity contribution < 1.29 is 18.7 Å². The van der Waals surface area contributed by atoms with Gasteiger partial charge in [-0.2, -0.15) is 5.10 Å². The molecule has 0 saturated heterocycles. The minimum Gasteiger partial charge on any atom is -0.455 e. The molecule has 28 heavy (non-hydrogen) atoms. The number of furan rings is 1. The summed E-state index contributed by atoms with van der Waals surface area (Å²) in [4.78, 5) is 24.8. The number of rotatable bonds is 6. The van der Waals surface area contributed by atoms with Crippen molar-refractivity contribution in [1.82, 2.24) is 10.7 Å². The lowest BCUT2D eigenvalue weighted by Gasteiger charge is -2.13. The molecule has 1 aliphatic carbocycles. The molecule has 7 nitrogen and oxygen atoms in total. The predicted molar refractivity (Wildman–Crippen MR) is 106 cm³/mol. The normalized spacial score (nSPS) is 14.6. The van der Waals surface area contributed by atoms with Crippen molar-refractivity contribution in [3.63, 3.8) is 0 Å². The van der Waals surface area contributed by atoms with Crippen LogP contribution in [-0.4, -0.2) is 37.8 Å². The highest BCUT2D eigenvalue weighted by Gasteiger charge is 2.28. The first-order valence-electron chi connectivity index (χ1n) is 9.35. The summed E-state index contributed by atoms with van der Waals surface area (Å²) in [6.45, 7) is 4.57. The molecule has 2 amide bonds. The van der Waals surface area contributed by atoms with Crippen LogP contribution < -0.4 is 10.7 Å². The second-order valence-electron chi connectivity index (χ2n) is 6.77. The van der Waals surface area contributed by atoms with Crippen LogP contribution >= 0.6 is 0 Å². The molecule has 0 saturated carbocycles. The number of hydrogen-bond donors (Lipinski definition) is 2. The van der Waals surface area contributed by atoms with Gasteiger partial charge in [0.1, 0.15) is 5.76 Å². The second-order valence-corrected chi connectivity index (χ2v) is 6.77. The van der Waals surface area contributed by atoms with Gasteiger partial charge in [-0.05, 0) is 38.3 Å². The van der Waals surface area contributed by atoms with Gasteiger partial charge in [-0.3, -0.25) is 9.59 Å². The molecule has 1 aromatic heterocycles. The summed E-state index contributed by atoms with van der Waals surface area (Å²) < 4.78 is 10.8. The van der Waals surface area contributed by atoms with Gasteiger partial charge in [-0.1, -0.05) is 18.2 Å². The van der Waals surface area contributed by atoms with E-state index in [0.717, 1.165) is 41.0 Å². The number of fused-ring (bicyclic) bond motifs is 1. The van der Waals surface area contributed by atoms with Crippen LogP contribution in [0.15, 0.2) is 33.8 Å². The second kappa shape index (κ2) is 8.84. The lowest BCUT2D eigenvalue weighted by molar-refractivity contribution is 0.0905. The topological polar surface area (TPSA) is 92.9 Å². The molecule has 1 aromatic carbocycles. The lowest BCUT2D eigenvalue weighted by Crippen LogP contribution is -2.27. The smallest absolute Gasteiger partial charge is 0.287 e. The minimum absolute atomic E-state index is 0.253. The molecule has 3 rings (SSSR count). The number of hydrazone groups is 1. The van der Waals surface area contributed by atoms with E-state index in [0.29, 0.717) is 30.9 Å². The molecule has 1 heterocycles. The zero-order valence-electron chi connectivity index (χ0n) is 16.4. The summed E-state index contributed by atoms with van der Waals surface area (Å²) in [5.74, 6) is 0.508. The van der Waals surface area contributed by atoms with E-state index in [4.69, 9.17) is 9.15 Å². The zero-order valence-corrected chi connectivity index (χ0v) is 16.4. The third-order valence-corrected chi connectivity index (χ3v) is 4.81. The van der Waals surface area contributed by atoms with Gasteiger partial charge in [-0.25, -0.2) is 5.43 Å². The van der Waals surface area contributed by atoms with E-state index in [1.165, 1.54) is 0 Å². The number of hydrogen-bond acceptors (Lipinski definition) is 5. The van der Waals surface area contributed by atoms with Gasteiger partial charge in [0, 0.05) is 36.8 Å². The highest BCUT2D eigenvalue weighted by atomic mass is 16.5. The summed E-state index contributed by atoms with van der Waals surface area (Å²) in [6.07, 6.45) is 2.31. The number of benzene rings is 1. The first-order chi connectivity index (χ1) is 13.5. The molecule has 7 heteroatoms. The van der Waals surface area contributed by atoms with Gasteiger partial charge in [0.15, 0.2) is 5.76 Å². The van der Waals surface area contributed by atoms with Crippen LogP contribution in [0.25, 0.3) is 0 Å². The fourth-order valence-corrected chi connectivity index (χ4v) is 3.35. The zero-order chi connectivity index (χ0) is 20.1. The number of amides is 2. The first-order valence-corrected chi connectivity index (χ1v) is 9.35. The summed E-state index contributed by atoms with van der Waals surface area (Å²) in [6, 6.07) is 7.36. The third kappa shape index (κ3) is 4.14. The SMILES string of the molecule is COCCNC(=O)c1oc2c(c1C)/C(=N/NC(=O)c1ccccc1C)CCC2. The van der Waals surface area contributed by atoms with E-state index in [9.17, 15) is 9.59 Å². The monoisotopic (exact) mass is 383 g/mol. The molecule has 0 fully saturated rings. The van der Waals surface area contributed by atoms with Gasteiger partial charge >= 0.3 is 0 Å². The van der Waals surface area contributed by atoms with E-state index in [2.05, 4.69) is 15.8 Å². The highest BCUT2D eigenvalue weighted by Crippen LogP contribution is 2.29. The maximum absolute atomic E-state index is 12.4. The molecule has 1 aliphatic rings. The number of carbonyl (C=O) groups excluding carboxylic acids is 2. The minimum atomic E-state index is -0.271. The Kier molecular flexibility index (Phi) is 6.26. The van der Waals surface area contributed by atoms with Crippen LogP contribution in [-0.2, 0) is 11.2 Å². The summed E-state index contributed by atoms with van der Waals surface area (Å²) in [5, 5.41) is 7.13. The lowest BCUT2D eigenvalue weighted by atomic mass is 9.93. The molecule has 2 aromatic rings. The Morgan fingerprint density at radius 2 is 1.96 bits per heavy atom. The van der Waals surface area contributed by atoms with E-state index in [1.54, 1.807) is 13.2 Å². The molecular weight excluding hydrogens is 358 g/mol. The molecule has 148 valence electrons. The average molecular weight is 383 g/mol. The van der Waals surface area contributed by atoms with Crippen LogP contribution in [0.1, 0.15) is 56.2 Å². The van der Waals surface area contributed by atoms with Crippen LogP contribution in [0, 0.1) is 13.8 Å². The molecule has 0 spiro atoms. The van der Waals surface area contributed by atoms with Gasteiger partial charge < -0.3 is 14.5 Å². The van der Waals surface area contributed by atoms with Crippen molar-refractivity contribution in [2.75, 3.05) is 20.3 Å². The van der Waals surface area contributed by atoms with Crippen LogP contribution in [0.4, 0.5) is 0 Å². The fourth-order valence-electron chi connectivity index (χ4n) is 3.35. The average Bonchev–Trinajstić information content (AvgIpc) is 3.04. The van der Waals surface area contributed by atoms with Crippen molar-refractivity contribution in [3.8, 4) is 0 Å². The Bertz CT molecular complexity index is 914. The number of nitrogens with one attached hydrogen (secondary N) is 2. The molecule has 0 unspecified atom stereocenters. The Balaban J connectivity index is 1.81. The summed E-state index contributed by atoms with van der Waals surface area (Å²) in [7, 11) is 1.58. The standard InChI is InChI=1S/C21H25N3O4/c1-13-7-4-5-8-15(13)20(25)24-23-16-9-6-10-17-18(16)14(2)19(28-17)21(26)22-11-12-27-3/h4-5,7-8H,6,9-12H2,1-3H3,(H,22,26)(H,24,25)/b23-16+. The Labute approximate surface area is 164 Å². The van der Waals surface area contributed by atoms with E-state index in [1.807, 2.05) is 32.0 Å². The van der Waals surface area contributed by atoms with Crippen molar-refractivity contribution in [2.24, 2.45) is 5.10 Å². The van der Waals surface area contributed by atoms with Gasteiger partial charge in [-0.15, -0.1) is 0 Å². The fraction of sp³-hybridized carbons (Fsp3) is 0.381. The summed E-state index contributed by atoms with van der Waals surface area (Å²) >= 11 is 0. The van der Waals surface area contributed by atoms with Crippen molar-refractivity contribution in [3.05, 3.63) is 58.0 Å². The Hall–Kier alpha value is -2.93. The molecule has 0 radical (unpaired) electrons. The maximum atomic E-state index is 12.4. The van der Waals surface area contributed by atoms with Gasteiger partial charge in [0.2, 0.25) is 0 Å². The van der Waals surface area contributed by atoms with Crippen LogP contribution in [0.5, 0.6) is 0 Å². The molecule has 0 bridgehead atoms. The summed E-state index contributed by atoms with van der Waals surface area (Å²) in [5.41, 5.74) is 6.43. The van der Waals surface area contributed by atoms with Crippen LogP contribution in [0.2, 0.25) is 0 Å². The van der Waals surface area contributed by atoms with Gasteiger partial charge in [0.05, 0.1) is 12.3 Å². The van der Waals surface area contributed by atoms with E-state index in [-0.39, 0.29) is 11.8 Å². The first kappa shape index (κ1) is 19.8. The van der Waals surface area contributed by atoms with Crippen molar-refractivity contribution >= 4 is 17.5 Å². The number of ether oxygens (including phenoxy) is 1. The Morgan fingerprint density at radius 3 is 2.71 bits per heavy atom. The largest absolute Gasteiger partial charge is 0.455 e. The maximum Gasteiger partial charge on any atom is 0.287 e. The molecule has 0 aliphatic heterocycles. The highest BCUT2D eigenvalue weighted by molar-refractivity contribution is 6.07.